The quantitative estimate of drug-likeness (QED) is 0.847. The van der Waals surface area contributed by atoms with Gasteiger partial charge in [-0.3, -0.25) is 4.79 Å². The van der Waals surface area contributed by atoms with Crippen LogP contribution < -0.4 is 5.32 Å². The molecular weight excluding hydrogens is 250 g/mol. The molecule has 0 radical (unpaired) electrons. The largest absolute Gasteiger partial charge is 0.475 e. The lowest BCUT2D eigenvalue weighted by atomic mass is 10.1. The van der Waals surface area contributed by atoms with Crippen LogP contribution in [0.5, 0.6) is 0 Å². The monoisotopic (exact) mass is 267 g/mol. The number of carbonyl (C=O) groups excluding carboxylic acids is 1. The molecule has 1 aromatic heterocycles. The van der Waals surface area contributed by atoms with Crippen LogP contribution in [0.3, 0.4) is 0 Å². The number of ether oxygens (including phenoxy) is 1. The van der Waals surface area contributed by atoms with Crippen molar-refractivity contribution in [2.75, 3.05) is 13.2 Å². The molecule has 0 aliphatic carbocycles. The molecule has 0 aromatic carbocycles. The van der Waals surface area contributed by atoms with Crippen LogP contribution in [0.2, 0.25) is 0 Å². The van der Waals surface area contributed by atoms with E-state index in [1.165, 1.54) is 18.6 Å². The normalized spacial score (nSPS) is 19.1. The zero-order valence-electron chi connectivity index (χ0n) is 10.6. The number of carbonyl (C=O) groups is 2. The molecule has 1 unspecified atom stereocenters. The SMILES string of the molecule is O=C(O)c1ccc(C(=O)NCCC2CCCCO2)o1. The van der Waals surface area contributed by atoms with Crippen LogP contribution in [0, 0.1) is 0 Å². The zero-order chi connectivity index (χ0) is 13.7. The van der Waals surface area contributed by atoms with Crippen molar-refractivity contribution < 1.29 is 23.8 Å². The van der Waals surface area contributed by atoms with E-state index in [9.17, 15) is 9.59 Å². The molecule has 0 spiro atoms. The Hall–Kier alpha value is -1.82. The van der Waals surface area contributed by atoms with Crippen LogP contribution in [-0.4, -0.2) is 36.2 Å². The van der Waals surface area contributed by atoms with Crippen molar-refractivity contribution in [3.05, 3.63) is 23.7 Å². The number of hydrogen-bond donors (Lipinski definition) is 2. The van der Waals surface area contributed by atoms with Gasteiger partial charge in [0.1, 0.15) is 0 Å². The average Bonchev–Trinajstić information content (AvgIpc) is 2.89. The second-order valence-corrected chi connectivity index (χ2v) is 4.50. The van der Waals surface area contributed by atoms with Gasteiger partial charge >= 0.3 is 5.97 Å². The first-order chi connectivity index (χ1) is 9.16. The Morgan fingerprint density at radius 1 is 1.32 bits per heavy atom. The first-order valence-electron chi connectivity index (χ1n) is 6.40. The lowest BCUT2D eigenvalue weighted by Crippen LogP contribution is -2.29. The number of nitrogens with one attached hydrogen (secondary N) is 1. The topological polar surface area (TPSA) is 88.8 Å². The van der Waals surface area contributed by atoms with Crippen molar-refractivity contribution in [1.29, 1.82) is 0 Å². The second kappa shape index (κ2) is 6.38. The average molecular weight is 267 g/mol. The predicted molar refractivity (Wildman–Crippen MR) is 66.2 cm³/mol. The smallest absolute Gasteiger partial charge is 0.371 e. The molecule has 2 heterocycles. The van der Waals surface area contributed by atoms with E-state index >= 15 is 0 Å². The third kappa shape index (κ3) is 3.82. The highest BCUT2D eigenvalue weighted by molar-refractivity contribution is 5.93. The number of hydrogen-bond acceptors (Lipinski definition) is 4. The van der Waals surface area contributed by atoms with Crippen LogP contribution in [0.4, 0.5) is 0 Å². The molecule has 1 aliphatic heterocycles. The summed E-state index contributed by atoms with van der Waals surface area (Å²) in [6.45, 7) is 1.28. The molecule has 104 valence electrons. The van der Waals surface area contributed by atoms with Crippen molar-refractivity contribution in [2.24, 2.45) is 0 Å². The highest BCUT2D eigenvalue weighted by Crippen LogP contribution is 2.15. The highest BCUT2D eigenvalue weighted by Gasteiger charge is 2.16. The van der Waals surface area contributed by atoms with E-state index in [1.807, 2.05) is 0 Å². The maximum absolute atomic E-state index is 11.7. The van der Waals surface area contributed by atoms with E-state index in [0.717, 1.165) is 25.9 Å². The summed E-state index contributed by atoms with van der Waals surface area (Å²) in [6.07, 6.45) is 4.27. The molecular formula is C13H17NO5. The van der Waals surface area contributed by atoms with Crippen LogP contribution >= 0.6 is 0 Å². The second-order valence-electron chi connectivity index (χ2n) is 4.50. The Kier molecular flexibility index (Phi) is 4.57. The van der Waals surface area contributed by atoms with Gasteiger partial charge in [0.15, 0.2) is 5.76 Å². The van der Waals surface area contributed by atoms with E-state index < -0.39 is 11.9 Å². The minimum absolute atomic E-state index is 0.0157. The Morgan fingerprint density at radius 2 is 2.11 bits per heavy atom. The standard InChI is InChI=1S/C13H17NO5/c15-12(10-4-5-11(19-10)13(16)17)14-7-6-9-3-1-2-8-18-9/h4-5,9H,1-3,6-8H2,(H,14,15)(H,16,17). The Morgan fingerprint density at radius 3 is 2.74 bits per heavy atom. The van der Waals surface area contributed by atoms with Gasteiger partial charge in [0.2, 0.25) is 5.76 Å². The van der Waals surface area contributed by atoms with Gasteiger partial charge in [0.05, 0.1) is 6.10 Å². The Bertz CT molecular complexity index is 448. The Labute approximate surface area is 110 Å². The van der Waals surface area contributed by atoms with Crippen molar-refractivity contribution in [2.45, 2.75) is 31.8 Å². The van der Waals surface area contributed by atoms with Gasteiger partial charge in [0.25, 0.3) is 5.91 Å². The molecule has 6 heteroatoms. The number of rotatable bonds is 5. The number of amides is 1. The van der Waals surface area contributed by atoms with E-state index in [4.69, 9.17) is 14.3 Å². The number of carboxylic acids is 1. The maximum atomic E-state index is 11.7. The van der Waals surface area contributed by atoms with Crippen LogP contribution in [0.1, 0.15) is 46.8 Å². The fourth-order valence-corrected chi connectivity index (χ4v) is 2.04. The summed E-state index contributed by atoms with van der Waals surface area (Å²) in [5.74, 6) is -1.80. The summed E-state index contributed by atoms with van der Waals surface area (Å²) in [7, 11) is 0. The third-order valence-corrected chi connectivity index (χ3v) is 3.07. The lowest BCUT2D eigenvalue weighted by Gasteiger charge is -2.22. The van der Waals surface area contributed by atoms with Gasteiger partial charge in [-0.05, 0) is 37.8 Å². The molecule has 0 bridgehead atoms. The number of carboxylic acid groups (broad SMARTS) is 1. The molecule has 19 heavy (non-hydrogen) atoms. The van der Waals surface area contributed by atoms with Crippen molar-refractivity contribution >= 4 is 11.9 Å². The maximum Gasteiger partial charge on any atom is 0.371 e. The van der Waals surface area contributed by atoms with Gasteiger partial charge < -0.3 is 19.6 Å². The lowest BCUT2D eigenvalue weighted by molar-refractivity contribution is 0.0116. The summed E-state index contributed by atoms with van der Waals surface area (Å²) in [4.78, 5) is 22.3. The summed E-state index contributed by atoms with van der Waals surface area (Å²) in [5, 5.41) is 11.4. The first kappa shape index (κ1) is 13.6. The summed E-state index contributed by atoms with van der Waals surface area (Å²) >= 11 is 0. The van der Waals surface area contributed by atoms with Crippen LogP contribution in [0.15, 0.2) is 16.5 Å². The van der Waals surface area contributed by atoms with Crippen LogP contribution in [0.25, 0.3) is 0 Å². The van der Waals surface area contributed by atoms with Crippen molar-refractivity contribution in [1.82, 2.24) is 5.32 Å². The molecule has 6 nitrogen and oxygen atoms in total. The molecule has 1 aromatic rings. The molecule has 1 atom stereocenters. The van der Waals surface area contributed by atoms with Crippen LogP contribution in [-0.2, 0) is 4.74 Å². The van der Waals surface area contributed by atoms with Gasteiger partial charge in [-0.15, -0.1) is 0 Å². The van der Waals surface area contributed by atoms with Crippen molar-refractivity contribution in [3.63, 3.8) is 0 Å². The molecule has 1 amide bonds. The number of furan rings is 1. The zero-order valence-corrected chi connectivity index (χ0v) is 10.6. The molecule has 2 rings (SSSR count). The first-order valence-corrected chi connectivity index (χ1v) is 6.40. The molecule has 1 aliphatic rings. The van der Waals surface area contributed by atoms with Gasteiger partial charge in [-0.2, -0.15) is 0 Å². The minimum atomic E-state index is -1.19. The number of aromatic carboxylic acids is 1. The summed E-state index contributed by atoms with van der Waals surface area (Å²) in [6, 6.07) is 2.62. The molecule has 1 saturated heterocycles. The third-order valence-electron chi connectivity index (χ3n) is 3.07. The minimum Gasteiger partial charge on any atom is -0.475 e. The van der Waals surface area contributed by atoms with E-state index in [2.05, 4.69) is 5.32 Å². The van der Waals surface area contributed by atoms with Gasteiger partial charge in [0, 0.05) is 13.2 Å². The Balaban J connectivity index is 1.75. The highest BCUT2D eigenvalue weighted by atomic mass is 16.5. The van der Waals surface area contributed by atoms with E-state index in [-0.39, 0.29) is 17.6 Å². The molecule has 2 N–H and O–H groups in total. The summed E-state index contributed by atoms with van der Waals surface area (Å²) < 4.78 is 10.5. The van der Waals surface area contributed by atoms with E-state index in [0.29, 0.717) is 6.54 Å². The summed E-state index contributed by atoms with van der Waals surface area (Å²) in [5.41, 5.74) is 0. The van der Waals surface area contributed by atoms with E-state index in [1.54, 1.807) is 0 Å². The predicted octanol–water partition coefficient (Wildman–Crippen LogP) is 1.67. The molecule has 0 saturated carbocycles. The molecule has 1 fully saturated rings. The fourth-order valence-electron chi connectivity index (χ4n) is 2.04. The van der Waals surface area contributed by atoms with Crippen molar-refractivity contribution in [3.8, 4) is 0 Å². The van der Waals surface area contributed by atoms with Gasteiger partial charge in [-0.1, -0.05) is 0 Å². The van der Waals surface area contributed by atoms with Gasteiger partial charge in [-0.25, -0.2) is 4.79 Å². The fraction of sp³-hybridized carbons (Fsp3) is 0.538.